The molecule has 104 valence electrons. The van der Waals surface area contributed by atoms with Gasteiger partial charge in [-0.2, -0.15) is 0 Å². The minimum atomic E-state index is 0.133. The highest BCUT2D eigenvalue weighted by Gasteiger charge is 2.00. The number of rotatable bonds is 3. The molecule has 0 unspecified atom stereocenters. The predicted octanol–water partition coefficient (Wildman–Crippen LogP) is 2.77. The second-order valence-corrected chi connectivity index (χ2v) is 4.67. The second-order valence-electron chi connectivity index (χ2n) is 4.23. The van der Waals surface area contributed by atoms with E-state index in [9.17, 15) is 5.11 Å². The maximum atomic E-state index is 9.71. The lowest BCUT2D eigenvalue weighted by Gasteiger charge is -2.01. The van der Waals surface area contributed by atoms with Crippen molar-refractivity contribution in [3.8, 4) is 11.4 Å². The first-order valence-electron chi connectivity index (χ1n) is 6.08. The summed E-state index contributed by atoms with van der Waals surface area (Å²) in [5.74, 6) is 0.133. The van der Waals surface area contributed by atoms with Gasteiger partial charge in [-0.05, 0) is 52.9 Å². The standard InChI is InChI=1S/C14H10ClN5O/c15-11-1-6-14(21)10(7-11)8-16-12-2-4-13(5-3-12)20-9-17-18-19-20/h1-9,21H. The first-order chi connectivity index (χ1) is 10.2. The summed E-state index contributed by atoms with van der Waals surface area (Å²) in [5.41, 5.74) is 2.14. The fraction of sp³-hybridized carbons (Fsp3) is 0. The Morgan fingerprint density at radius 3 is 2.67 bits per heavy atom. The molecule has 0 saturated carbocycles. The van der Waals surface area contributed by atoms with Crippen molar-refractivity contribution >= 4 is 23.5 Å². The summed E-state index contributed by atoms with van der Waals surface area (Å²) in [6.07, 6.45) is 3.08. The zero-order valence-corrected chi connectivity index (χ0v) is 11.5. The lowest BCUT2D eigenvalue weighted by Crippen LogP contribution is -1.93. The SMILES string of the molecule is Oc1ccc(Cl)cc1C=Nc1ccc(-n2cnnn2)cc1. The van der Waals surface area contributed by atoms with Crippen LogP contribution < -0.4 is 0 Å². The summed E-state index contributed by atoms with van der Waals surface area (Å²) < 4.78 is 1.55. The number of phenolic OH excluding ortho intramolecular Hbond substituents is 1. The van der Waals surface area contributed by atoms with Gasteiger partial charge < -0.3 is 5.11 Å². The topological polar surface area (TPSA) is 76.2 Å². The number of nitrogens with zero attached hydrogens (tertiary/aromatic N) is 5. The van der Waals surface area contributed by atoms with Crippen molar-refractivity contribution in [2.45, 2.75) is 0 Å². The van der Waals surface area contributed by atoms with Crippen LogP contribution in [0.1, 0.15) is 5.56 Å². The number of tetrazole rings is 1. The number of aromatic hydroxyl groups is 1. The highest BCUT2D eigenvalue weighted by molar-refractivity contribution is 6.30. The molecule has 0 spiro atoms. The molecule has 0 aliphatic heterocycles. The molecule has 21 heavy (non-hydrogen) atoms. The Bertz CT molecular complexity index is 769. The Labute approximate surface area is 125 Å². The zero-order valence-electron chi connectivity index (χ0n) is 10.8. The average molecular weight is 300 g/mol. The van der Waals surface area contributed by atoms with E-state index in [4.69, 9.17) is 11.6 Å². The van der Waals surface area contributed by atoms with Gasteiger partial charge in [-0.3, -0.25) is 4.99 Å². The monoisotopic (exact) mass is 299 g/mol. The van der Waals surface area contributed by atoms with Crippen LogP contribution >= 0.6 is 11.6 Å². The fourth-order valence-corrected chi connectivity index (χ4v) is 1.92. The van der Waals surface area contributed by atoms with Crippen LogP contribution in [0.3, 0.4) is 0 Å². The van der Waals surface area contributed by atoms with Crippen LogP contribution in [0.4, 0.5) is 5.69 Å². The van der Waals surface area contributed by atoms with Crippen molar-refractivity contribution in [2.75, 3.05) is 0 Å². The Balaban J connectivity index is 1.82. The number of hydrogen-bond donors (Lipinski definition) is 1. The molecule has 1 N–H and O–H groups in total. The lowest BCUT2D eigenvalue weighted by molar-refractivity contribution is 0.474. The molecule has 6 nitrogen and oxygen atoms in total. The van der Waals surface area contributed by atoms with Crippen molar-refractivity contribution in [1.82, 2.24) is 20.2 Å². The molecular formula is C14H10ClN5O. The molecule has 0 saturated heterocycles. The molecule has 0 bridgehead atoms. The summed E-state index contributed by atoms with van der Waals surface area (Å²) in [5, 5.41) is 21.2. The summed E-state index contributed by atoms with van der Waals surface area (Å²) in [7, 11) is 0. The molecular weight excluding hydrogens is 290 g/mol. The molecule has 3 aromatic rings. The minimum absolute atomic E-state index is 0.133. The quantitative estimate of drug-likeness (QED) is 0.754. The van der Waals surface area contributed by atoms with Crippen molar-refractivity contribution in [3.05, 3.63) is 59.4 Å². The van der Waals surface area contributed by atoms with Gasteiger partial charge in [0.05, 0.1) is 11.4 Å². The number of halogens is 1. The van der Waals surface area contributed by atoms with Gasteiger partial charge in [-0.15, -0.1) is 5.10 Å². The molecule has 0 radical (unpaired) electrons. The van der Waals surface area contributed by atoms with E-state index in [2.05, 4.69) is 20.5 Å². The van der Waals surface area contributed by atoms with E-state index >= 15 is 0 Å². The number of aromatic nitrogens is 4. The van der Waals surface area contributed by atoms with Crippen LogP contribution in [0, 0.1) is 0 Å². The van der Waals surface area contributed by atoms with E-state index in [1.54, 1.807) is 23.0 Å². The largest absolute Gasteiger partial charge is 0.507 e. The van der Waals surface area contributed by atoms with E-state index in [0.29, 0.717) is 10.6 Å². The third-order valence-corrected chi connectivity index (χ3v) is 3.04. The Morgan fingerprint density at radius 2 is 1.95 bits per heavy atom. The maximum Gasteiger partial charge on any atom is 0.143 e. The molecule has 1 heterocycles. The number of aliphatic imine (C=N–C) groups is 1. The Kier molecular flexibility index (Phi) is 3.61. The lowest BCUT2D eigenvalue weighted by atomic mass is 10.2. The smallest absolute Gasteiger partial charge is 0.143 e. The molecule has 0 aliphatic carbocycles. The minimum Gasteiger partial charge on any atom is -0.507 e. The van der Waals surface area contributed by atoms with Crippen molar-refractivity contribution in [2.24, 2.45) is 4.99 Å². The summed E-state index contributed by atoms with van der Waals surface area (Å²) in [4.78, 5) is 4.30. The Hall–Kier alpha value is -2.73. The van der Waals surface area contributed by atoms with Gasteiger partial charge >= 0.3 is 0 Å². The summed E-state index contributed by atoms with van der Waals surface area (Å²) in [6, 6.07) is 12.2. The molecule has 1 aromatic heterocycles. The van der Waals surface area contributed by atoms with Crippen LogP contribution in [0.25, 0.3) is 5.69 Å². The molecule has 2 aromatic carbocycles. The van der Waals surface area contributed by atoms with Crippen LogP contribution in [-0.4, -0.2) is 31.5 Å². The predicted molar refractivity (Wildman–Crippen MR) is 79.5 cm³/mol. The van der Waals surface area contributed by atoms with Gasteiger partial charge in [0.2, 0.25) is 0 Å². The van der Waals surface area contributed by atoms with E-state index in [-0.39, 0.29) is 5.75 Å². The molecule has 0 aliphatic rings. The molecule has 3 rings (SSSR count). The third kappa shape index (κ3) is 3.06. The fourth-order valence-electron chi connectivity index (χ4n) is 1.74. The molecule has 7 heteroatoms. The number of hydrogen-bond acceptors (Lipinski definition) is 5. The second kappa shape index (κ2) is 5.72. The van der Waals surface area contributed by atoms with E-state index < -0.39 is 0 Å². The van der Waals surface area contributed by atoms with Crippen LogP contribution in [-0.2, 0) is 0 Å². The third-order valence-electron chi connectivity index (χ3n) is 2.81. The number of benzene rings is 2. The van der Waals surface area contributed by atoms with Gasteiger partial charge in [-0.25, -0.2) is 4.68 Å². The summed E-state index contributed by atoms with van der Waals surface area (Å²) >= 11 is 5.88. The van der Waals surface area contributed by atoms with Gasteiger partial charge in [0.15, 0.2) is 0 Å². The van der Waals surface area contributed by atoms with Gasteiger partial charge in [0.1, 0.15) is 12.1 Å². The Morgan fingerprint density at radius 1 is 1.14 bits per heavy atom. The van der Waals surface area contributed by atoms with Crippen molar-refractivity contribution < 1.29 is 5.11 Å². The highest BCUT2D eigenvalue weighted by atomic mass is 35.5. The van der Waals surface area contributed by atoms with E-state index in [1.807, 2.05) is 24.3 Å². The molecule has 0 atom stereocenters. The average Bonchev–Trinajstić information content (AvgIpc) is 3.03. The first-order valence-corrected chi connectivity index (χ1v) is 6.46. The van der Waals surface area contributed by atoms with Gasteiger partial charge in [-0.1, -0.05) is 11.6 Å². The summed E-state index contributed by atoms with van der Waals surface area (Å²) in [6.45, 7) is 0. The maximum absolute atomic E-state index is 9.71. The van der Waals surface area contributed by atoms with E-state index in [1.165, 1.54) is 12.4 Å². The first kappa shape index (κ1) is 13.3. The van der Waals surface area contributed by atoms with Crippen LogP contribution in [0.5, 0.6) is 5.75 Å². The highest BCUT2D eigenvalue weighted by Crippen LogP contribution is 2.21. The van der Waals surface area contributed by atoms with Gasteiger partial charge in [0, 0.05) is 16.8 Å². The van der Waals surface area contributed by atoms with Gasteiger partial charge in [0.25, 0.3) is 0 Å². The van der Waals surface area contributed by atoms with Crippen LogP contribution in [0.15, 0.2) is 53.8 Å². The molecule has 0 amide bonds. The van der Waals surface area contributed by atoms with Crippen molar-refractivity contribution in [1.29, 1.82) is 0 Å². The zero-order chi connectivity index (χ0) is 14.7. The molecule has 0 fully saturated rings. The normalized spacial score (nSPS) is 11.1. The van der Waals surface area contributed by atoms with Crippen molar-refractivity contribution in [3.63, 3.8) is 0 Å². The van der Waals surface area contributed by atoms with E-state index in [0.717, 1.165) is 11.4 Å². The number of phenols is 1. The van der Waals surface area contributed by atoms with Crippen LogP contribution in [0.2, 0.25) is 5.02 Å².